The number of carbonyl (C=O) groups is 1. The molecule has 0 bridgehead atoms. The Kier molecular flexibility index (Phi) is 3.65. The summed E-state index contributed by atoms with van der Waals surface area (Å²) in [5, 5.41) is 32.3. The number of aromatic hydroxyl groups is 2. The first-order valence-electron chi connectivity index (χ1n) is 7.97. The van der Waals surface area contributed by atoms with Gasteiger partial charge in [-0.2, -0.15) is 0 Å². The molecule has 0 fully saturated rings. The van der Waals surface area contributed by atoms with Gasteiger partial charge in [-0.15, -0.1) is 0 Å². The predicted molar refractivity (Wildman–Crippen MR) is 87.4 cm³/mol. The van der Waals surface area contributed by atoms with Crippen LogP contribution in [0, 0.1) is 0 Å². The van der Waals surface area contributed by atoms with Crippen LogP contribution in [0.3, 0.4) is 0 Å². The molecule has 2 aliphatic rings. The minimum absolute atomic E-state index is 0.125. The highest BCUT2D eigenvalue weighted by Crippen LogP contribution is 2.40. The lowest BCUT2D eigenvalue weighted by molar-refractivity contribution is 0.0691. The number of carboxylic acid groups (broad SMARTS) is 1. The van der Waals surface area contributed by atoms with Gasteiger partial charge in [0.25, 0.3) is 0 Å². The molecule has 0 aliphatic carbocycles. The number of hydrogen-bond donors (Lipinski definition) is 4. The zero-order valence-electron chi connectivity index (χ0n) is 13.3. The molecule has 130 valence electrons. The Labute approximate surface area is 143 Å². The Hall–Kier alpha value is -2.93. The average Bonchev–Trinajstić information content (AvgIpc) is 3.03. The second-order valence-corrected chi connectivity index (χ2v) is 6.14. The van der Waals surface area contributed by atoms with Crippen molar-refractivity contribution in [3.05, 3.63) is 46.5 Å². The molecule has 25 heavy (non-hydrogen) atoms. The van der Waals surface area contributed by atoms with Gasteiger partial charge in [0, 0.05) is 6.04 Å². The van der Waals surface area contributed by atoms with Crippen molar-refractivity contribution in [2.24, 2.45) is 0 Å². The average molecular weight is 343 g/mol. The standard InChI is InChI=1S/C18H17NO6/c20-13-2-1-10(16(17(13)21)18(22)23)5-12-11-7-15-14(24-8-25-15)6-9(11)3-4-19-12/h1-2,6-7,12,19-21H,3-5,8H2,(H,22,23)/t12-/m0/s1. The Morgan fingerprint density at radius 3 is 2.72 bits per heavy atom. The number of nitrogens with one attached hydrogen (secondary N) is 1. The van der Waals surface area contributed by atoms with Gasteiger partial charge in [0.1, 0.15) is 5.56 Å². The van der Waals surface area contributed by atoms with Crippen molar-refractivity contribution < 1.29 is 29.6 Å². The van der Waals surface area contributed by atoms with Crippen LogP contribution in [0.4, 0.5) is 0 Å². The SMILES string of the molecule is O=C(O)c1c(C[C@@H]2NCCc3cc4c(cc32)OCO4)ccc(O)c1O. The number of hydrogen-bond acceptors (Lipinski definition) is 6. The molecule has 0 saturated heterocycles. The number of fused-ring (bicyclic) bond motifs is 2. The van der Waals surface area contributed by atoms with Crippen LogP contribution in [0.1, 0.15) is 33.1 Å². The summed E-state index contributed by atoms with van der Waals surface area (Å²) in [7, 11) is 0. The van der Waals surface area contributed by atoms with Gasteiger partial charge in [-0.05, 0) is 54.3 Å². The second kappa shape index (κ2) is 5.86. The summed E-state index contributed by atoms with van der Waals surface area (Å²) in [6.45, 7) is 0.953. The molecule has 2 aromatic carbocycles. The van der Waals surface area contributed by atoms with E-state index >= 15 is 0 Å². The molecule has 7 nitrogen and oxygen atoms in total. The topological polar surface area (TPSA) is 108 Å². The Balaban J connectivity index is 1.72. The molecule has 0 aromatic heterocycles. The van der Waals surface area contributed by atoms with E-state index in [1.54, 1.807) is 0 Å². The van der Waals surface area contributed by atoms with Crippen LogP contribution >= 0.6 is 0 Å². The summed E-state index contributed by atoms with van der Waals surface area (Å²) >= 11 is 0. The van der Waals surface area contributed by atoms with Crippen LogP contribution in [0.5, 0.6) is 23.0 Å². The summed E-state index contributed by atoms with van der Waals surface area (Å²) in [6, 6.07) is 6.61. The predicted octanol–water partition coefficient (Wildman–Crippen LogP) is 1.95. The van der Waals surface area contributed by atoms with Crippen LogP contribution < -0.4 is 14.8 Å². The molecule has 7 heteroatoms. The fourth-order valence-electron chi connectivity index (χ4n) is 3.46. The van der Waals surface area contributed by atoms with E-state index in [1.165, 1.54) is 12.1 Å². The largest absolute Gasteiger partial charge is 0.504 e. The summed E-state index contributed by atoms with van der Waals surface area (Å²) in [5.74, 6) is -0.911. The van der Waals surface area contributed by atoms with Crippen molar-refractivity contribution in [3.63, 3.8) is 0 Å². The smallest absolute Gasteiger partial charge is 0.339 e. The van der Waals surface area contributed by atoms with Crippen molar-refractivity contribution in [3.8, 4) is 23.0 Å². The van der Waals surface area contributed by atoms with Gasteiger partial charge in [-0.25, -0.2) is 4.79 Å². The molecule has 4 N–H and O–H groups in total. The number of rotatable bonds is 3. The van der Waals surface area contributed by atoms with Crippen LogP contribution in [0.2, 0.25) is 0 Å². The van der Waals surface area contributed by atoms with E-state index < -0.39 is 17.5 Å². The highest BCUT2D eigenvalue weighted by molar-refractivity contribution is 5.93. The van der Waals surface area contributed by atoms with E-state index in [0.717, 1.165) is 29.8 Å². The lowest BCUT2D eigenvalue weighted by Gasteiger charge is -2.28. The van der Waals surface area contributed by atoms with Gasteiger partial charge in [0.2, 0.25) is 6.79 Å². The summed E-state index contributed by atoms with van der Waals surface area (Å²) in [4.78, 5) is 11.5. The Morgan fingerprint density at radius 2 is 1.96 bits per heavy atom. The number of ether oxygens (including phenoxy) is 2. The lowest BCUT2D eigenvalue weighted by atomic mass is 9.88. The molecule has 0 amide bonds. The maximum Gasteiger partial charge on any atom is 0.339 e. The molecule has 0 saturated carbocycles. The number of carboxylic acids is 1. The third-order valence-electron chi connectivity index (χ3n) is 4.68. The minimum Gasteiger partial charge on any atom is -0.504 e. The van der Waals surface area contributed by atoms with E-state index in [2.05, 4.69) is 5.32 Å². The fourth-order valence-corrected chi connectivity index (χ4v) is 3.46. The Bertz CT molecular complexity index is 863. The normalized spacial score (nSPS) is 18.0. The van der Waals surface area contributed by atoms with Crippen molar-refractivity contribution in [2.45, 2.75) is 18.9 Å². The molecule has 0 unspecified atom stereocenters. The molecule has 0 spiro atoms. The van der Waals surface area contributed by atoms with E-state index in [0.29, 0.717) is 17.7 Å². The van der Waals surface area contributed by atoms with E-state index in [-0.39, 0.29) is 18.4 Å². The number of phenols is 2. The zero-order valence-corrected chi connectivity index (χ0v) is 13.3. The highest BCUT2D eigenvalue weighted by Gasteiger charge is 2.27. The van der Waals surface area contributed by atoms with E-state index in [4.69, 9.17) is 9.47 Å². The number of phenolic OH excluding ortho intramolecular Hbond substituents is 1. The maximum absolute atomic E-state index is 11.5. The summed E-state index contributed by atoms with van der Waals surface area (Å²) in [6.07, 6.45) is 1.21. The van der Waals surface area contributed by atoms with E-state index in [1.807, 2.05) is 12.1 Å². The molecule has 2 aliphatic heterocycles. The van der Waals surface area contributed by atoms with Gasteiger partial charge in [0.15, 0.2) is 23.0 Å². The number of benzene rings is 2. The van der Waals surface area contributed by atoms with Crippen LogP contribution in [-0.2, 0) is 12.8 Å². The summed E-state index contributed by atoms with van der Waals surface area (Å²) < 4.78 is 10.9. The van der Waals surface area contributed by atoms with Crippen LogP contribution in [0.15, 0.2) is 24.3 Å². The van der Waals surface area contributed by atoms with Gasteiger partial charge in [0.05, 0.1) is 0 Å². The molecular formula is C18H17NO6. The van der Waals surface area contributed by atoms with Crippen molar-refractivity contribution in [2.75, 3.05) is 13.3 Å². The van der Waals surface area contributed by atoms with Crippen molar-refractivity contribution >= 4 is 5.97 Å². The molecular weight excluding hydrogens is 326 g/mol. The second-order valence-electron chi connectivity index (χ2n) is 6.14. The minimum atomic E-state index is -1.27. The quantitative estimate of drug-likeness (QED) is 0.631. The van der Waals surface area contributed by atoms with Gasteiger partial charge >= 0.3 is 5.97 Å². The molecule has 2 heterocycles. The van der Waals surface area contributed by atoms with Gasteiger partial charge in [-0.1, -0.05) is 6.07 Å². The first kappa shape index (κ1) is 15.6. The first-order chi connectivity index (χ1) is 12.0. The molecule has 0 radical (unpaired) electrons. The third kappa shape index (κ3) is 2.62. The van der Waals surface area contributed by atoms with E-state index in [9.17, 15) is 20.1 Å². The Morgan fingerprint density at radius 1 is 1.20 bits per heavy atom. The monoisotopic (exact) mass is 343 g/mol. The molecule has 2 aromatic rings. The molecule has 1 atom stereocenters. The maximum atomic E-state index is 11.5. The first-order valence-corrected chi connectivity index (χ1v) is 7.97. The van der Waals surface area contributed by atoms with Gasteiger partial charge < -0.3 is 30.1 Å². The van der Waals surface area contributed by atoms with Crippen molar-refractivity contribution in [1.82, 2.24) is 5.32 Å². The van der Waals surface area contributed by atoms with Gasteiger partial charge in [-0.3, -0.25) is 0 Å². The molecule has 4 rings (SSSR count). The highest BCUT2D eigenvalue weighted by atomic mass is 16.7. The van der Waals surface area contributed by atoms with Crippen molar-refractivity contribution in [1.29, 1.82) is 0 Å². The lowest BCUT2D eigenvalue weighted by Crippen LogP contribution is -2.31. The third-order valence-corrected chi connectivity index (χ3v) is 4.68. The van der Waals surface area contributed by atoms with Crippen LogP contribution in [0.25, 0.3) is 0 Å². The number of aromatic carboxylic acids is 1. The summed E-state index contributed by atoms with van der Waals surface area (Å²) in [5.41, 5.74) is 2.34. The van der Waals surface area contributed by atoms with Crippen LogP contribution in [-0.4, -0.2) is 34.6 Å². The fraction of sp³-hybridized carbons (Fsp3) is 0.278. The zero-order chi connectivity index (χ0) is 17.6.